The summed E-state index contributed by atoms with van der Waals surface area (Å²) in [5, 5.41) is 0. The van der Waals surface area contributed by atoms with Crippen molar-refractivity contribution in [3.63, 3.8) is 0 Å². The quantitative estimate of drug-likeness (QED) is 0.602. The van der Waals surface area contributed by atoms with Gasteiger partial charge >= 0.3 is 9.28 Å². The van der Waals surface area contributed by atoms with Gasteiger partial charge in [0.2, 0.25) is 0 Å². The Balaban J connectivity index is 2.23. The highest BCUT2D eigenvalue weighted by molar-refractivity contribution is 6.44. The van der Waals surface area contributed by atoms with E-state index in [9.17, 15) is 0 Å². The molecule has 95 valence electrons. The molecule has 16 heavy (non-hydrogen) atoms. The molecule has 0 amide bonds. The van der Waals surface area contributed by atoms with E-state index < -0.39 is 9.28 Å². The van der Waals surface area contributed by atoms with Crippen LogP contribution in [0.1, 0.15) is 58.8 Å². The molecule has 3 heteroatoms. The molecule has 1 fully saturated rings. The number of rotatable bonds is 8. The predicted octanol–water partition coefficient (Wildman–Crippen LogP) is 3.91. The maximum atomic E-state index is 5.88. The minimum absolute atomic E-state index is 0.880. The zero-order valence-corrected chi connectivity index (χ0v) is 12.0. The van der Waals surface area contributed by atoms with Gasteiger partial charge in [0.15, 0.2) is 0 Å². The lowest BCUT2D eigenvalue weighted by Crippen LogP contribution is -2.27. The minimum Gasteiger partial charge on any atom is -0.393 e. The van der Waals surface area contributed by atoms with E-state index in [1.165, 1.54) is 38.1 Å². The van der Waals surface area contributed by atoms with Gasteiger partial charge in [-0.1, -0.05) is 46.0 Å². The fourth-order valence-electron chi connectivity index (χ4n) is 2.22. The molecule has 0 saturated heterocycles. The molecule has 0 aromatic carbocycles. The van der Waals surface area contributed by atoms with Crippen molar-refractivity contribution < 1.29 is 8.85 Å². The van der Waals surface area contributed by atoms with Gasteiger partial charge in [0.1, 0.15) is 0 Å². The van der Waals surface area contributed by atoms with Crippen LogP contribution in [0.15, 0.2) is 0 Å². The fourth-order valence-corrected chi connectivity index (χ4v) is 4.28. The molecular weight excluding hydrogens is 216 g/mol. The highest BCUT2D eigenvalue weighted by Gasteiger charge is 2.23. The van der Waals surface area contributed by atoms with Crippen LogP contribution in [0.3, 0.4) is 0 Å². The number of hydrogen-bond donors (Lipinski definition) is 0. The maximum absolute atomic E-state index is 5.88. The van der Waals surface area contributed by atoms with Crippen LogP contribution in [-0.2, 0) is 8.85 Å². The Labute approximate surface area is 103 Å². The van der Waals surface area contributed by atoms with Gasteiger partial charge in [0.05, 0.1) is 0 Å². The second-order valence-corrected chi connectivity index (χ2v) is 6.51. The van der Waals surface area contributed by atoms with Crippen LogP contribution in [0.5, 0.6) is 0 Å². The fraction of sp³-hybridized carbons (Fsp3) is 1.00. The van der Waals surface area contributed by atoms with Crippen LogP contribution in [-0.4, -0.2) is 22.5 Å². The molecule has 0 aromatic heterocycles. The Morgan fingerprint density at radius 2 is 1.50 bits per heavy atom. The summed E-state index contributed by atoms with van der Waals surface area (Å²) in [6.07, 6.45) is 9.29. The summed E-state index contributed by atoms with van der Waals surface area (Å²) in [6, 6.07) is 1.21. The summed E-state index contributed by atoms with van der Waals surface area (Å²) in [7, 11) is -0.969. The molecule has 0 atom stereocenters. The van der Waals surface area contributed by atoms with Gasteiger partial charge in [-0.3, -0.25) is 0 Å². The van der Waals surface area contributed by atoms with Crippen LogP contribution in [0.2, 0.25) is 6.04 Å². The zero-order chi connectivity index (χ0) is 11.6. The first kappa shape index (κ1) is 14.2. The molecule has 1 aliphatic carbocycles. The van der Waals surface area contributed by atoms with E-state index in [-0.39, 0.29) is 0 Å². The Bertz CT molecular complexity index is 150. The van der Waals surface area contributed by atoms with Crippen molar-refractivity contribution in [2.24, 2.45) is 5.92 Å². The lowest BCUT2D eigenvalue weighted by atomic mass is 9.91. The van der Waals surface area contributed by atoms with Crippen LogP contribution in [0, 0.1) is 5.92 Å². The first-order valence-electron chi connectivity index (χ1n) is 6.98. The van der Waals surface area contributed by atoms with E-state index in [4.69, 9.17) is 8.85 Å². The highest BCUT2D eigenvalue weighted by Crippen LogP contribution is 2.28. The third kappa shape index (κ3) is 6.02. The van der Waals surface area contributed by atoms with Gasteiger partial charge in [-0.15, -0.1) is 0 Å². The largest absolute Gasteiger partial charge is 0.393 e. The van der Waals surface area contributed by atoms with Crippen molar-refractivity contribution in [3.8, 4) is 0 Å². The van der Waals surface area contributed by atoms with Gasteiger partial charge in [-0.2, -0.15) is 0 Å². The normalized spacial score (nSPS) is 18.2. The Hall–Kier alpha value is 0.137. The molecule has 0 heterocycles. The first-order chi connectivity index (χ1) is 7.86. The van der Waals surface area contributed by atoms with E-state index in [2.05, 4.69) is 13.8 Å². The summed E-state index contributed by atoms with van der Waals surface area (Å²) in [4.78, 5) is 0. The average molecular weight is 243 g/mol. The summed E-state index contributed by atoms with van der Waals surface area (Å²) < 4.78 is 11.8. The van der Waals surface area contributed by atoms with Crippen LogP contribution in [0.4, 0.5) is 0 Å². The van der Waals surface area contributed by atoms with Gasteiger partial charge in [0.25, 0.3) is 0 Å². The van der Waals surface area contributed by atoms with E-state index in [0.29, 0.717) is 0 Å². The Kier molecular flexibility index (Phi) is 8.16. The van der Waals surface area contributed by atoms with Crippen LogP contribution >= 0.6 is 0 Å². The molecule has 1 radical (unpaired) electrons. The van der Waals surface area contributed by atoms with E-state index in [1.54, 1.807) is 0 Å². The Morgan fingerprint density at radius 3 is 2.00 bits per heavy atom. The van der Waals surface area contributed by atoms with Crippen LogP contribution < -0.4 is 0 Å². The lowest BCUT2D eigenvalue weighted by molar-refractivity contribution is 0.188. The molecule has 1 saturated carbocycles. The van der Waals surface area contributed by atoms with Crippen LogP contribution in [0.25, 0.3) is 0 Å². The maximum Gasteiger partial charge on any atom is 0.384 e. The van der Waals surface area contributed by atoms with E-state index in [1.807, 2.05) is 0 Å². The second-order valence-electron chi connectivity index (χ2n) is 4.78. The molecule has 1 rings (SSSR count). The highest BCUT2D eigenvalue weighted by atomic mass is 28.3. The van der Waals surface area contributed by atoms with Crippen molar-refractivity contribution in [2.45, 2.75) is 64.8 Å². The second kappa shape index (κ2) is 9.20. The van der Waals surface area contributed by atoms with E-state index in [0.717, 1.165) is 32.0 Å². The number of hydrogen-bond acceptors (Lipinski definition) is 2. The molecule has 0 bridgehead atoms. The lowest BCUT2D eigenvalue weighted by Gasteiger charge is -2.24. The molecule has 0 spiro atoms. The average Bonchev–Trinajstić information content (AvgIpc) is 2.34. The van der Waals surface area contributed by atoms with Gasteiger partial charge in [-0.05, 0) is 24.8 Å². The summed E-state index contributed by atoms with van der Waals surface area (Å²) in [5.41, 5.74) is 0. The third-order valence-corrected chi connectivity index (χ3v) is 5.08. The van der Waals surface area contributed by atoms with Gasteiger partial charge in [-0.25, -0.2) is 0 Å². The topological polar surface area (TPSA) is 18.5 Å². The van der Waals surface area contributed by atoms with Crippen molar-refractivity contribution in [2.75, 3.05) is 13.2 Å². The van der Waals surface area contributed by atoms with Crippen molar-refractivity contribution in [1.29, 1.82) is 0 Å². The third-order valence-electron chi connectivity index (χ3n) is 3.11. The molecule has 0 aliphatic heterocycles. The standard InChI is InChI=1S/C13H27O2Si/c1-3-10-14-16(15-11-4-2)12-13-8-6-5-7-9-13/h13H,3-12H2,1-2H3. The van der Waals surface area contributed by atoms with Gasteiger partial charge < -0.3 is 8.85 Å². The molecule has 0 unspecified atom stereocenters. The van der Waals surface area contributed by atoms with Crippen molar-refractivity contribution >= 4 is 9.28 Å². The molecule has 2 nitrogen and oxygen atoms in total. The Morgan fingerprint density at radius 1 is 0.938 bits per heavy atom. The predicted molar refractivity (Wildman–Crippen MR) is 69.6 cm³/mol. The zero-order valence-electron chi connectivity index (χ0n) is 11.0. The minimum atomic E-state index is -0.969. The van der Waals surface area contributed by atoms with Gasteiger partial charge in [0, 0.05) is 13.2 Å². The SMILES string of the molecule is CCCO[Si](CC1CCCCC1)OCCC. The molecule has 1 aliphatic rings. The molecular formula is C13H27O2Si. The summed E-state index contributed by atoms with van der Waals surface area (Å²) >= 11 is 0. The summed E-state index contributed by atoms with van der Waals surface area (Å²) in [6.45, 7) is 6.09. The monoisotopic (exact) mass is 243 g/mol. The smallest absolute Gasteiger partial charge is 0.384 e. The molecule has 0 N–H and O–H groups in total. The van der Waals surface area contributed by atoms with Crippen molar-refractivity contribution in [3.05, 3.63) is 0 Å². The summed E-state index contributed by atoms with van der Waals surface area (Å²) in [5.74, 6) is 0.886. The van der Waals surface area contributed by atoms with Crippen molar-refractivity contribution in [1.82, 2.24) is 0 Å². The molecule has 0 aromatic rings. The van der Waals surface area contributed by atoms with E-state index >= 15 is 0 Å². The first-order valence-corrected chi connectivity index (χ1v) is 8.50.